The number of carbonyl (C=O) groups is 1. The summed E-state index contributed by atoms with van der Waals surface area (Å²) in [4.78, 5) is 17.1. The molecule has 8 nitrogen and oxygen atoms in total. The van der Waals surface area contributed by atoms with Gasteiger partial charge in [0.25, 0.3) is 5.91 Å². The van der Waals surface area contributed by atoms with Gasteiger partial charge in [-0.2, -0.15) is 4.31 Å². The first-order valence-electron chi connectivity index (χ1n) is 12.6. The third-order valence-corrected chi connectivity index (χ3v) is 7.86. The topological polar surface area (TPSA) is 109 Å². The maximum Gasteiger partial charge on any atom is 0.251 e. The molecule has 0 saturated heterocycles. The van der Waals surface area contributed by atoms with Gasteiger partial charge in [-0.15, -0.1) is 0 Å². The molecule has 0 spiro atoms. The first-order chi connectivity index (χ1) is 18.9. The minimum Gasteiger partial charge on any atom is -0.494 e. The Bertz CT molecular complexity index is 1450. The first-order valence-corrected chi connectivity index (χ1v) is 14.0. The summed E-state index contributed by atoms with van der Waals surface area (Å²) in [6.45, 7) is 2.58. The van der Waals surface area contributed by atoms with Crippen LogP contribution >= 0.6 is 0 Å². The van der Waals surface area contributed by atoms with Crippen molar-refractivity contribution in [1.82, 2.24) is 14.6 Å². The molecule has 0 saturated carbocycles. The fraction of sp³-hybridized carbons (Fsp3) is 0.200. The number of aliphatic hydroxyl groups excluding tert-OH is 1. The number of ether oxygens (including phenoxy) is 1. The number of rotatable bonds is 12. The maximum atomic E-state index is 13.6. The highest BCUT2D eigenvalue weighted by atomic mass is 32.2. The van der Waals surface area contributed by atoms with Gasteiger partial charge >= 0.3 is 0 Å². The lowest BCUT2D eigenvalue weighted by atomic mass is 10.1. The van der Waals surface area contributed by atoms with Gasteiger partial charge < -0.3 is 15.2 Å². The summed E-state index contributed by atoms with van der Waals surface area (Å²) < 4.78 is 34.0. The zero-order valence-electron chi connectivity index (χ0n) is 21.6. The van der Waals surface area contributed by atoms with Gasteiger partial charge in [0, 0.05) is 24.8 Å². The SMILES string of the molecule is CCOc1ccc(S(=O)(=O)N(Cc2ccc(C(=O)NCC(O)c3ccccc3)cc2)Cc2ccccn2)cc1. The van der Waals surface area contributed by atoms with Crippen LogP contribution in [-0.2, 0) is 23.1 Å². The third kappa shape index (κ3) is 7.51. The van der Waals surface area contributed by atoms with Crippen molar-refractivity contribution < 1.29 is 23.1 Å². The lowest BCUT2D eigenvalue weighted by Gasteiger charge is -2.22. The lowest BCUT2D eigenvalue weighted by Crippen LogP contribution is -2.31. The summed E-state index contributed by atoms with van der Waals surface area (Å²) in [6.07, 6.45) is 0.807. The fourth-order valence-electron chi connectivity index (χ4n) is 3.97. The zero-order valence-corrected chi connectivity index (χ0v) is 22.4. The van der Waals surface area contributed by atoms with E-state index in [1.54, 1.807) is 66.9 Å². The summed E-state index contributed by atoms with van der Waals surface area (Å²) in [5.41, 5.74) is 2.45. The summed E-state index contributed by atoms with van der Waals surface area (Å²) in [6, 6.07) is 27.5. The number of pyridine rings is 1. The molecule has 4 rings (SSSR count). The molecule has 1 heterocycles. The molecular formula is C30H31N3O5S. The van der Waals surface area contributed by atoms with Gasteiger partial charge in [-0.3, -0.25) is 9.78 Å². The molecule has 0 aliphatic rings. The summed E-state index contributed by atoms with van der Waals surface area (Å²) in [5.74, 6) is 0.266. The average molecular weight is 546 g/mol. The Balaban J connectivity index is 1.48. The minimum atomic E-state index is -3.87. The molecule has 3 aromatic carbocycles. The Morgan fingerprint density at radius 1 is 0.923 bits per heavy atom. The van der Waals surface area contributed by atoms with Gasteiger partial charge in [-0.05, 0) is 66.6 Å². The van der Waals surface area contributed by atoms with Crippen molar-refractivity contribution in [3.63, 3.8) is 0 Å². The second kappa shape index (κ2) is 13.1. The van der Waals surface area contributed by atoms with E-state index in [-0.39, 0.29) is 30.4 Å². The maximum absolute atomic E-state index is 13.6. The molecule has 1 unspecified atom stereocenters. The predicted molar refractivity (Wildman–Crippen MR) is 148 cm³/mol. The number of nitrogens with zero attached hydrogens (tertiary/aromatic N) is 2. The number of hydrogen-bond acceptors (Lipinski definition) is 6. The molecule has 9 heteroatoms. The number of aliphatic hydroxyl groups is 1. The molecule has 0 fully saturated rings. The molecular weight excluding hydrogens is 514 g/mol. The molecule has 0 bridgehead atoms. The van der Waals surface area contributed by atoms with Crippen LogP contribution in [0.15, 0.2) is 108 Å². The Kier molecular flexibility index (Phi) is 9.43. The molecule has 2 N–H and O–H groups in total. The van der Waals surface area contributed by atoms with Gasteiger partial charge in [0.2, 0.25) is 10.0 Å². The standard InChI is InChI=1S/C30H31N3O5S/c1-2-38-27-15-17-28(18-16-27)39(36,37)33(22-26-10-6-7-19-31-26)21-23-11-13-25(14-12-23)30(35)32-20-29(34)24-8-4-3-5-9-24/h3-19,29,34H,2,20-22H2,1H3,(H,32,35). The van der Waals surface area contributed by atoms with Crippen LogP contribution in [0.3, 0.4) is 0 Å². The molecule has 0 aliphatic carbocycles. The van der Waals surface area contributed by atoms with Crippen molar-refractivity contribution in [1.29, 1.82) is 0 Å². The fourth-order valence-corrected chi connectivity index (χ4v) is 5.37. The monoisotopic (exact) mass is 545 g/mol. The molecule has 0 radical (unpaired) electrons. The largest absolute Gasteiger partial charge is 0.494 e. The van der Waals surface area contributed by atoms with Crippen LogP contribution < -0.4 is 10.1 Å². The molecule has 1 atom stereocenters. The Hall–Kier alpha value is -4.05. The van der Waals surface area contributed by atoms with Gasteiger partial charge in [-0.25, -0.2) is 8.42 Å². The van der Waals surface area contributed by atoms with E-state index in [1.807, 2.05) is 31.2 Å². The van der Waals surface area contributed by atoms with Crippen molar-refractivity contribution in [2.75, 3.05) is 13.2 Å². The Morgan fingerprint density at radius 3 is 2.26 bits per heavy atom. The van der Waals surface area contributed by atoms with Gasteiger partial charge in [0.15, 0.2) is 0 Å². The van der Waals surface area contributed by atoms with E-state index in [0.717, 1.165) is 5.56 Å². The van der Waals surface area contributed by atoms with Crippen LogP contribution in [0.25, 0.3) is 0 Å². The summed E-state index contributed by atoms with van der Waals surface area (Å²) in [7, 11) is -3.87. The van der Waals surface area contributed by atoms with Gasteiger partial charge in [-0.1, -0.05) is 48.5 Å². The molecule has 0 aliphatic heterocycles. The van der Waals surface area contributed by atoms with Crippen molar-refractivity contribution in [3.05, 3.63) is 126 Å². The number of aromatic nitrogens is 1. The smallest absolute Gasteiger partial charge is 0.251 e. The number of nitrogens with one attached hydrogen (secondary N) is 1. The molecule has 1 amide bonds. The van der Waals surface area contributed by atoms with Gasteiger partial charge in [0.05, 0.1) is 29.8 Å². The van der Waals surface area contributed by atoms with Crippen molar-refractivity contribution in [2.24, 2.45) is 0 Å². The highest BCUT2D eigenvalue weighted by Crippen LogP contribution is 2.23. The number of hydrogen-bond donors (Lipinski definition) is 2. The van der Waals surface area contributed by atoms with Crippen LogP contribution in [0.4, 0.5) is 0 Å². The number of benzene rings is 3. The van der Waals surface area contributed by atoms with Crippen molar-refractivity contribution in [3.8, 4) is 5.75 Å². The quantitative estimate of drug-likeness (QED) is 0.274. The van der Waals surface area contributed by atoms with Crippen LogP contribution in [0.5, 0.6) is 5.75 Å². The minimum absolute atomic E-state index is 0.0722. The second-order valence-corrected chi connectivity index (χ2v) is 10.8. The highest BCUT2D eigenvalue weighted by molar-refractivity contribution is 7.89. The number of sulfonamides is 1. The summed E-state index contributed by atoms with van der Waals surface area (Å²) in [5, 5.41) is 13.0. The van der Waals surface area contributed by atoms with E-state index in [9.17, 15) is 18.3 Å². The van der Waals surface area contributed by atoms with Crippen LogP contribution in [0, 0.1) is 0 Å². The van der Waals surface area contributed by atoms with Crippen molar-refractivity contribution in [2.45, 2.75) is 31.0 Å². The average Bonchev–Trinajstić information content (AvgIpc) is 2.97. The van der Waals surface area contributed by atoms with Crippen molar-refractivity contribution >= 4 is 15.9 Å². The molecule has 1 aromatic heterocycles. The van der Waals surface area contributed by atoms with E-state index in [4.69, 9.17) is 4.74 Å². The number of amides is 1. The van der Waals surface area contributed by atoms with Gasteiger partial charge in [0.1, 0.15) is 5.75 Å². The lowest BCUT2D eigenvalue weighted by molar-refractivity contribution is 0.0916. The van der Waals surface area contributed by atoms with E-state index >= 15 is 0 Å². The van der Waals surface area contributed by atoms with Crippen LogP contribution in [-0.4, -0.2) is 41.9 Å². The predicted octanol–water partition coefficient (Wildman–Crippen LogP) is 4.33. The second-order valence-electron chi connectivity index (χ2n) is 8.83. The summed E-state index contributed by atoms with van der Waals surface area (Å²) >= 11 is 0. The third-order valence-electron chi connectivity index (χ3n) is 6.05. The van der Waals surface area contributed by atoms with E-state index < -0.39 is 16.1 Å². The molecule has 4 aromatic rings. The number of carbonyl (C=O) groups excluding carboxylic acids is 1. The molecule has 39 heavy (non-hydrogen) atoms. The van der Waals surface area contributed by atoms with E-state index in [1.165, 1.54) is 16.4 Å². The zero-order chi connectivity index (χ0) is 27.7. The Labute approximate surface area is 229 Å². The Morgan fingerprint density at radius 2 is 1.62 bits per heavy atom. The highest BCUT2D eigenvalue weighted by Gasteiger charge is 2.25. The first kappa shape index (κ1) is 28.0. The normalized spacial score (nSPS) is 12.2. The van der Waals surface area contributed by atoms with Crippen LogP contribution in [0.2, 0.25) is 0 Å². The van der Waals surface area contributed by atoms with E-state index in [2.05, 4.69) is 10.3 Å². The molecule has 202 valence electrons. The van der Waals surface area contributed by atoms with E-state index in [0.29, 0.717) is 29.2 Å². The van der Waals surface area contributed by atoms with Crippen LogP contribution in [0.1, 0.15) is 40.2 Å².